The maximum absolute atomic E-state index is 13.5. The highest BCUT2D eigenvalue weighted by molar-refractivity contribution is 8.01. The molecule has 82 valence electrons. The lowest BCUT2D eigenvalue weighted by Gasteiger charge is -2.24. The Kier molecular flexibility index (Phi) is 3.03. The molecule has 1 N–H and O–H groups in total. The van der Waals surface area contributed by atoms with E-state index in [0.29, 0.717) is 5.25 Å². The van der Waals surface area contributed by atoms with Gasteiger partial charge in [0.25, 0.3) is 0 Å². The van der Waals surface area contributed by atoms with Crippen LogP contribution < -0.4 is 5.32 Å². The Labute approximate surface area is 94.5 Å². The zero-order valence-electron chi connectivity index (χ0n) is 9.09. The van der Waals surface area contributed by atoms with Crippen LogP contribution in [0.5, 0.6) is 0 Å². The lowest BCUT2D eigenvalue weighted by atomic mass is 10.1. The SMILES string of the molecule is CC1CNC(C)(Cc2ccccc2F)S1. The summed E-state index contributed by atoms with van der Waals surface area (Å²) in [6.07, 6.45) is 0.745. The van der Waals surface area contributed by atoms with Gasteiger partial charge in [0.15, 0.2) is 0 Å². The molecule has 0 aromatic heterocycles. The van der Waals surface area contributed by atoms with Crippen molar-refractivity contribution in [3.63, 3.8) is 0 Å². The molecule has 2 unspecified atom stereocenters. The summed E-state index contributed by atoms with van der Waals surface area (Å²) < 4.78 is 13.5. The van der Waals surface area contributed by atoms with Crippen molar-refractivity contribution >= 4 is 11.8 Å². The molecule has 1 aromatic carbocycles. The molecule has 0 amide bonds. The molecule has 0 spiro atoms. The fourth-order valence-corrected chi connectivity index (χ4v) is 3.46. The van der Waals surface area contributed by atoms with Crippen LogP contribution in [0.3, 0.4) is 0 Å². The average molecular weight is 225 g/mol. The fourth-order valence-electron chi connectivity index (χ4n) is 2.00. The van der Waals surface area contributed by atoms with Crippen LogP contribution in [0.1, 0.15) is 19.4 Å². The molecule has 15 heavy (non-hydrogen) atoms. The lowest BCUT2D eigenvalue weighted by Crippen LogP contribution is -2.36. The molecule has 0 aliphatic carbocycles. The number of halogens is 1. The topological polar surface area (TPSA) is 12.0 Å². The largest absolute Gasteiger partial charge is 0.302 e. The summed E-state index contributed by atoms with van der Waals surface area (Å²) in [4.78, 5) is -0.0123. The van der Waals surface area contributed by atoms with Gasteiger partial charge in [-0.1, -0.05) is 25.1 Å². The van der Waals surface area contributed by atoms with Gasteiger partial charge in [-0.2, -0.15) is 0 Å². The summed E-state index contributed by atoms with van der Waals surface area (Å²) in [5.41, 5.74) is 0.800. The minimum Gasteiger partial charge on any atom is -0.302 e. The Morgan fingerprint density at radius 3 is 2.87 bits per heavy atom. The van der Waals surface area contributed by atoms with Gasteiger partial charge in [0.1, 0.15) is 5.82 Å². The van der Waals surface area contributed by atoms with Crippen molar-refractivity contribution < 1.29 is 4.39 Å². The molecular weight excluding hydrogens is 209 g/mol. The van der Waals surface area contributed by atoms with E-state index in [1.54, 1.807) is 6.07 Å². The van der Waals surface area contributed by atoms with Crippen LogP contribution in [-0.4, -0.2) is 16.7 Å². The highest BCUT2D eigenvalue weighted by Crippen LogP contribution is 2.35. The highest BCUT2D eigenvalue weighted by Gasteiger charge is 2.33. The monoisotopic (exact) mass is 225 g/mol. The van der Waals surface area contributed by atoms with Gasteiger partial charge in [-0.3, -0.25) is 0 Å². The zero-order valence-corrected chi connectivity index (χ0v) is 9.90. The van der Waals surface area contributed by atoms with Crippen LogP contribution in [0.15, 0.2) is 24.3 Å². The van der Waals surface area contributed by atoms with E-state index in [1.165, 1.54) is 6.07 Å². The molecule has 1 aromatic rings. The van der Waals surface area contributed by atoms with Crippen LogP contribution in [0.4, 0.5) is 4.39 Å². The van der Waals surface area contributed by atoms with Gasteiger partial charge in [0, 0.05) is 18.2 Å². The third-order valence-corrected chi connectivity index (χ3v) is 4.09. The average Bonchev–Trinajstić information content (AvgIpc) is 2.51. The zero-order chi connectivity index (χ0) is 10.9. The summed E-state index contributed by atoms with van der Waals surface area (Å²) in [7, 11) is 0. The highest BCUT2D eigenvalue weighted by atomic mass is 32.2. The van der Waals surface area contributed by atoms with E-state index in [9.17, 15) is 4.39 Å². The van der Waals surface area contributed by atoms with Crippen molar-refractivity contribution in [1.82, 2.24) is 5.32 Å². The lowest BCUT2D eigenvalue weighted by molar-refractivity contribution is 0.516. The van der Waals surface area contributed by atoms with Crippen molar-refractivity contribution in [2.75, 3.05) is 6.54 Å². The minimum atomic E-state index is -0.0966. The quantitative estimate of drug-likeness (QED) is 0.830. The predicted octanol–water partition coefficient (Wildman–Crippen LogP) is 2.81. The second-order valence-electron chi connectivity index (χ2n) is 4.31. The third-order valence-electron chi connectivity index (χ3n) is 2.71. The minimum absolute atomic E-state index is 0.0123. The van der Waals surface area contributed by atoms with E-state index >= 15 is 0 Å². The molecule has 1 fully saturated rings. The molecule has 0 saturated carbocycles. The molecule has 1 aliphatic rings. The van der Waals surface area contributed by atoms with Crippen molar-refractivity contribution in [3.05, 3.63) is 35.6 Å². The van der Waals surface area contributed by atoms with E-state index in [0.717, 1.165) is 18.5 Å². The van der Waals surface area contributed by atoms with Gasteiger partial charge >= 0.3 is 0 Å². The standard InChI is InChI=1S/C12H16FNS/c1-9-8-14-12(2,15-9)7-10-5-3-4-6-11(10)13/h3-6,9,14H,7-8H2,1-2H3. The van der Waals surface area contributed by atoms with Crippen LogP contribution in [0, 0.1) is 5.82 Å². The summed E-state index contributed by atoms with van der Waals surface area (Å²) >= 11 is 1.89. The number of thioether (sulfide) groups is 1. The fraction of sp³-hybridized carbons (Fsp3) is 0.500. The van der Waals surface area contributed by atoms with E-state index in [-0.39, 0.29) is 10.7 Å². The summed E-state index contributed by atoms with van der Waals surface area (Å²) in [6.45, 7) is 5.35. The number of hydrogen-bond acceptors (Lipinski definition) is 2. The predicted molar refractivity (Wildman–Crippen MR) is 63.6 cm³/mol. The van der Waals surface area contributed by atoms with Gasteiger partial charge in [0.05, 0.1) is 4.87 Å². The van der Waals surface area contributed by atoms with Crippen LogP contribution in [-0.2, 0) is 6.42 Å². The molecule has 1 aliphatic heterocycles. The van der Waals surface area contributed by atoms with Crippen molar-refractivity contribution in [2.24, 2.45) is 0 Å². The molecule has 1 heterocycles. The molecular formula is C12H16FNS. The Morgan fingerprint density at radius 2 is 2.27 bits per heavy atom. The Hall–Kier alpha value is -0.540. The second kappa shape index (κ2) is 4.14. The first kappa shape index (κ1) is 11.0. The number of nitrogens with one attached hydrogen (secondary N) is 1. The normalized spacial score (nSPS) is 30.7. The molecule has 3 heteroatoms. The van der Waals surface area contributed by atoms with Crippen molar-refractivity contribution in [2.45, 2.75) is 30.4 Å². The van der Waals surface area contributed by atoms with Gasteiger partial charge in [-0.15, -0.1) is 11.8 Å². The summed E-state index contributed by atoms with van der Waals surface area (Å²) in [6, 6.07) is 7.03. The first-order valence-electron chi connectivity index (χ1n) is 5.25. The summed E-state index contributed by atoms with van der Waals surface area (Å²) in [5, 5.41) is 4.07. The second-order valence-corrected chi connectivity index (χ2v) is 6.25. The Balaban J connectivity index is 2.12. The van der Waals surface area contributed by atoms with E-state index in [1.807, 2.05) is 23.9 Å². The first-order valence-corrected chi connectivity index (χ1v) is 6.13. The number of hydrogen-bond donors (Lipinski definition) is 1. The summed E-state index contributed by atoms with van der Waals surface area (Å²) in [5.74, 6) is -0.0966. The van der Waals surface area contributed by atoms with Gasteiger partial charge < -0.3 is 5.32 Å². The first-order chi connectivity index (χ1) is 7.09. The molecule has 0 radical (unpaired) electrons. The maximum Gasteiger partial charge on any atom is 0.126 e. The number of rotatable bonds is 2. The van der Waals surface area contributed by atoms with Gasteiger partial charge in [-0.25, -0.2) is 4.39 Å². The molecule has 1 nitrogen and oxygen atoms in total. The molecule has 0 bridgehead atoms. The Bertz CT molecular complexity index is 355. The van der Waals surface area contributed by atoms with Gasteiger partial charge in [0.2, 0.25) is 0 Å². The van der Waals surface area contributed by atoms with E-state index < -0.39 is 0 Å². The van der Waals surface area contributed by atoms with Gasteiger partial charge in [-0.05, 0) is 18.6 Å². The van der Waals surface area contributed by atoms with E-state index in [4.69, 9.17) is 0 Å². The van der Waals surface area contributed by atoms with Crippen LogP contribution >= 0.6 is 11.8 Å². The smallest absolute Gasteiger partial charge is 0.126 e. The van der Waals surface area contributed by atoms with Crippen molar-refractivity contribution in [1.29, 1.82) is 0 Å². The number of benzene rings is 1. The van der Waals surface area contributed by atoms with Crippen LogP contribution in [0.2, 0.25) is 0 Å². The van der Waals surface area contributed by atoms with E-state index in [2.05, 4.69) is 19.2 Å². The molecule has 1 saturated heterocycles. The molecule has 2 atom stereocenters. The molecule has 2 rings (SSSR count). The Morgan fingerprint density at radius 1 is 1.53 bits per heavy atom. The maximum atomic E-state index is 13.5. The third kappa shape index (κ3) is 2.52. The van der Waals surface area contributed by atoms with Crippen molar-refractivity contribution in [3.8, 4) is 0 Å². The van der Waals surface area contributed by atoms with Crippen LogP contribution in [0.25, 0.3) is 0 Å².